The van der Waals surface area contributed by atoms with Gasteiger partial charge in [-0.3, -0.25) is 4.79 Å². The summed E-state index contributed by atoms with van der Waals surface area (Å²) in [4.78, 5) is 14.8. The zero-order chi connectivity index (χ0) is 16.9. The summed E-state index contributed by atoms with van der Waals surface area (Å²) >= 11 is 0. The van der Waals surface area contributed by atoms with Gasteiger partial charge < -0.3 is 19.7 Å². The quantitative estimate of drug-likeness (QED) is 0.901. The molecule has 0 spiro atoms. The van der Waals surface area contributed by atoms with Crippen molar-refractivity contribution in [2.24, 2.45) is 5.92 Å². The molecule has 24 heavy (non-hydrogen) atoms. The Morgan fingerprint density at radius 1 is 1.17 bits per heavy atom. The largest absolute Gasteiger partial charge is 0.486 e. The summed E-state index contributed by atoms with van der Waals surface area (Å²) in [5.74, 6) is 2.00. The summed E-state index contributed by atoms with van der Waals surface area (Å²) < 4.78 is 11.1. The van der Waals surface area contributed by atoms with E-state index in [2.05, 4.69) is 24.3 Å². The molecule has 0 radical (unpaired) electrons. The number of rotatable bonds is 5. The van der Waals surface area contributed by atoms with Crippen LogP contribution < -0.4 is 14.8 Å². The van der Waals surface area contributed by atoms with Crippen molar-refractivity contribution in [3.63, 3.8) is 0 Å². The van der Waals surface area contributed by atoms with Crippen molar-refractivity contribution in [3.8, 4) is 11.5 Å². The molecule has 132 valence electrons. The Balaban J connectivity index is 1.61. The number of benzene rings is 1. The van der Waals surface area contributed by atoms with Gasteiger partial charge in [0.25, 0.3) is 5.91 Å². The Labute approximate surface area is 144 Å². The Morgan fingerprint density at radius 2 is 1.88 bits per heavy atom. The maximum atomic E-state index is 12.5. The molecule has 5 nitrogen and oxygen atoms in total. The highest BCUT2D eigenvalue weighted by atomic mass is 16.6. The highest BCUT2D eigenvalue weighted by Crippen LogP contribution is 2.31. The second kappa shape index (κ2) is 7.88. The first kappa shape index (κ1) is 17.1. The SMILES string of the molecule is CN(C)[C@H](CNC(=O)c1ccc2c(c1)OCCO2)C1CCCCC1. The van der Waals surface area contributed by atoms with Crippen molar-refractivity contribution in [3.05, 3.63) is 23.8 Å². The molecule has 0 saturated heterocycles. The van der Waals surface area contributed by atoms with Gasteiger partial charge in [0.2, 0.25) is 0 Å². The molecule has 5 heteroatoms. The standard InChI is InChI=1S/C19H28N2O3/c1-21(2)16(14-6-4-3-5-7-14)13-20-19(22)15-8-9-17-18(12-15)24-11-10-23-17/h8-9,12,14,16H,3-7,10-11,13H2,1-2H3,(H,20,22)/t16-/m1/s1. The van der Waals surface area contributed by atoms with Gasteiger partial charge in [0, 0.05) is 18.2 Å². The lowest BCUT2D eigenvalue weighted by Gasteiger charge is -2.35. The average molecular weight is 332 g/mol. The number of amides is 1. The summed E-state index contributed by atoms with van der Waals surface area (Å²) in [6.07, 6.45) is 6.50. The van der Waals surface area contributed by atoms with Crippen molar-refractivity contribution < 1.29 is 14.3 Å². The number of fused-ring (bicyclic) bond motifs is 1. The number of hydrogen-bond donors (Lipinski definition) is 1. The van der Waals surface area contributed by atoms with Gasteiger partial charge >= 0.3 is 0 Å². The lowest BCUT2D eigenvalue weighted by Crippen LogP contribution is -2.45. The second-order valence-electron chi connectivity index (χ2n) is 7.00. The fraction of sp³-hybridized carbons (Fsp3) is 0.632. The van der Waals surface area contributed by atoms with Crippen LogP contribution in [0, 0.1) is 5.92 Å². The highest BCUT2D eigenvalue weighted by Gasteiger charge is 2.26. The molecule has 1 aliphatic heterocycles. The van der Waals surface area contributed by atoms with E-state index in [4.69, 9.17) is 9.47 Å². The van der Waals surface area contributed by atoms with E-state index in [1.807, 2.05) is 6.07 Å². The summed E-state index contributed by atoms with van der Waals surface area (Å²) in [5, 5.41) is 3.11. The molecule has 1 aromatic carbocycles. The summed E-state index contributed by atoms with van der Waals surface area (Å²) in [6.45, 7) is 1.78. The number of carbonyl (C=O) groups excluding carboxylic acids is 1. The van der Waals surface area contributed by atoms with Crippen molar-refractivity contribution in [1.82, 2.24) is 10.2 Å². The van der Waals surface area contributed by atoms with Crippen LogP contribution in [0.3, 0.4) is 0 Å². The first-order chi connectivity index (χ1) is 11.6. The second-order valence-corrected chi connectivity index (χ2v) is 7.00. The average Bonchev–Trinajstić information content (AvgIpc) is 2.62. The van der Waals surface area contributed by atoms with E-state index < -0.39 is 0 Å². The van der Waals surface area contributed by atoms with Gasteiger partial charge in [0.1, 0.15) is 13.2 Å². The van der Waals surface area contributed by atoms with E-state index in [-0.39, 0.29) is 5.91 Å². The Bertz CT molecular complexity index is 568. The van der Waals surface area contributed by atoms with Crippen molar-refractivity contribution >= 4 is 5.91 Å². The molecule has 2 aliphatic rings. The van der Waals surface area contributed by atoms with Gasteiger partial charge in [-0.25, -0.2) is 0 Å². The molecule has 0 bridgehead atoms. The van der Waals surface area contributed by atoms with Crippen molar-refractivity contribution in [2.45, 2.75) is 38.1 Å². The molecule has 1 aliphatic carbocycles. The number of hydrogen-bond acceptors (Lipinski definition) is 4. The van der Waals surface area contributed by atoms with Crippen LogP contribution in [-0.4, -0.2) is 50.7 Å². The Morgan fingerprint density at radius 3 is 2.58 bits per heavy atom. The molecule has 1 fully saturated rings. The molecule has 1 amide bonds. The van der Waals surface area contributed by atoms with Crippen LogP contribution in [0.5, 0.6) is 11.5 Å². The monoisotopic (exact) mass is 332 g/mol. The minimum absolute atomic E-state index is 0.0466. The molecule has 3 rings (SSSR count). The van der Waals surface area contributed by atoms with Crippen LogP contribution in [0.15, 0.2) is 18.2 Å². The molecular weight excluding hydrogens is 304 g/mol. The Kier molecular flexibility index (Phi) is 5.61. The molecule has 0 aromatic heterocycles. The number of nitrogens with one attached hydrogen (secondary N) is 1. The third-order valence-corrected chi connectivity index (χ3v) is 5.13. The van der Waals surface area contributed by atoms with Crippen LogP contribution in [-0.2, 0) is 0 Å². The number of ether oxygens (including phenoxy) is 2. The molecule has 1 N–H and O–H groups in total. The first-order valence-corrected chi connectivity index (χ1v) is 8.99. The fourth-order valence-electron chi connectivity index (χ4n) is 3.77. The minimum atomic E-state index is -0.0466. The highest BCUT2D eigenvalue weighted by molar-refractivity contribution is 5.94. The molecular formula is C19H28N2O3. The summed E-state index contributed by atoms with van der Waals surface area (Å²) in [6, 6.07) is 5.78. The topological polar surface area (TPSA) is 50.8 Å². The maximum absolute atomic E-state index is 12.5. The van der Waals surface area contributed by atoms with E-state index in [1.54, 1.807) is 12.1 Å². The van der Waals surface area contributed by atoms with E-state index in [0.29, 0.717) is 48.8 Å². The zero-order valence-corrected chi connectivity index (χ0v) is 14.7. The van der Waals surface area contributed by atoms with Gasteiger partial charge in [-0.1, -0.05) is 19.3 Å². The van der Waals surface area contributed by atoms with Crippen molar-refractivity contribution in [2.75, 3.05) is 33.9 Å². The van der Waals surface area contributed by atoms with Gasteiger partial charge in [-0.05, 0) is 51.1 Å². The predicted molar refractivity (Wildman–Crippen MR) is 93.8 cm³/mol. The lowest BCUT2D eigenvalue weighted by molar-refractivity contribution is 0.0920. The lowest BCUT2D eigenvalue weighted by atomic mass is 9.83. The van der Waals surface area contributed by atoms with Crippen LogP contribution in [0.4, 0.5) is 0 Å². The van der Waals surface area contributed by atoms with E-state index in [1.165, 1.54) is 32.1 Å². The number of carbonyl (C=O) groups is 1. The van der Waals surface area contributed by atoms with Crippen LogP contribution >= 0.6 is 0 Å². The van der Waals surface area contributed by atoms with E-state index in [0.717, 1.165) is 0 Å². The van der Waals surface area contributed by atoms with Gasteiger partial charge in [0.05, 0.1) is 0 Å². The molecule has 1 heterocycles. The minimum Gasteiger partial charge on any atom is -0.486 e. The third kappa shape index (κ3) is 4.01. The van der Waals surface area contributed by atoms with Crippen LogP contribution in [0.2, 0.25) is 0 Å². The molecule has 1 saturated carbocycles. The molecule has 0 unspecified atom stereocenters. The van der Waals surface area contributed by atoms with E-state index >= 15 is 0 Å². The normalized spacial score (nSPS) is 19.1. The van der Waals surface area contributed by atoms with Gasteiger partial charge in [-0.2, -0.15) is 0 Å². The smallest absolute Gasteiger partial charge is 0.251 e. The van der Waals surface area contributed by atoms with Gasteiger partial charge in [0.15, 0.2) is 11.5 Å². The number of likely N-dealkylation sites (N-methyl/N-ethyl adjacent to an activating group) is 1. The maximum Gasteiger partial charge on any atom is 0.251 e. The molecule has 1 atom stereocenters. The van der Waals surface area contributed by atoms with Gasteiger partial charge in [-0.15, -0.1) is 0 Å². The zero-order valence-electron chi connectivity index (χ0n) is 14.7. The fourth-order valence-corrected chi connectivity index (χ4v) is 3.77. The first-order valence-electron chi connectivity index (χ1n) is 8.99. The summed E-state index contributed by atoms with van der Waals surface area (Å²) in [7, 11) is 4.21. The summed E-state index contributed by atoms with van der Waals surface area (Å²) in [5.41, 5.74) is 0.625. The third-order valence-electron chi connectivity index (χ3n) is 5.13. The van der Waals surface area contributed by atoms with E-state index in [9.17, 15) is 4.79 Å². The predicted octanol–water partition coefficient (Wildman–Crippen LogP) is 2.70. The van der Waals surface area contributed by atoms with Crippen LogP contribution in [0.1, 0.15) is 42.5 Å². The Hall–Kier alpha value is -1.75. The van der Waals surface area contributed by atoms with Crippen LogP contribution in [0.25, 0.3) is 0 Å². The molecule has 1 aromatic rings. The van der Waals surface area contributed by atoms with Crippen molar-refractivity contribution in [1.29, 1.82) is 0 Å². The number of nitrogens with zero attached hydrogens (tertiary/aromatic N) is 1.